The lowest BCUT2D eigenvalue weighted by Gasteiger charge is -2.11. The summed E-state index contributed by atoms with van der Waals surface area (Å²) in [6, 6.07) is 0. The van der Waals surface area contributed by atoms with Crippen LogP contribution in [0.15, 0.2) is 0 Å². The smallest absolute Gasteiger partial charge is 0.0391 e. The SMILES string of the molecule is CC(C)C1CCCC1.CC(C)C1CCCC1. The molecule has 0 N–H and O–H groups in total. The minimum atomic E-state index is 0.942. The van der Waals surface area contributed by atoms with Crippen molar-refractivity contribution in [2.75, 3.05) is 0 Å². The van der Waals surface area contributed by atoms with Crippen molar-refractivity contribution in [2.24, 2.45) is 23.7 Å². The van der Waals surface area contributed by atoms with Gasteiger partial charge in [-0.15, -0.1) is 0 Å². The lowest BCUT2D eigenvalue weighted by atomic mass is 9.95. The van der Waals surface area contributed by atoms with Gasteiger partial charge in [-0.3, -0.25) is 0 Å². The van der Waals surface area contributed by atoms with E-state index in [0.717, 1.165) is 23.7 Å². The molecule has 2 fully saturated rings. The molecule has 0 heteroatoms. The highest BCUT2D eigenvalue weighted by atomic mass is 14.2. The van der Waals surface area contributed by atoms with Gasteiger partial charge in [-0.2, -0.15) is 0 Å². The van der Waals surface area contributed by atoms with Crippen molar-refractivity contribution in [1.29, 1.82) is 0 Å². The molecule has 0 nitrogen and oxygen atoms in total. The summed E-state index contributed by atoms with van der Waals surface area (Å²) in [5, 5.41) is 0. The van der Waals surface area contributed by atoms with Gasteiger partial charge in [0, 0.05) is 0 Å². The van der Waals surface area contributed by atoms with Crippen LogP contribution in [-0.2, 0) is 0 Å². The van der Waals surface area contributed by atoms with Crippen molar-refractivity contribution in [1.82, 2.24) is 0 Å². The highest BCUT2D eigenvalue weighted by Crippen LogP contribution is 2.31. The van der Waals surface area contributed by atoms with E-state index in [4.69, 9.17) is 0 Å². The standard InChI is InChI=1S/2C8H16/c2*1-7(2)8-5-3-4-6-8/h2*7-8H,3-6H2,1-2H3. The highest BCUT2D eigenvalue weighted by molar-refractivity contribution is 4.69. The van der Waals surface area contributed by atoms with E-state index in [1.165, 1.54) is 51.4 Å². The highest BCUT2D eigenvalue weighted by Gasteiger charge is 2.17. The first kappa shape index (κ1) is 14.1. The van der Waals surface area contributed by atoms with Crippen molar-refractivity contribution in [3.05, 3.63) is 0 Å². The van der Waals surface area contributed by atoms with Crippen molar-refractivity contribution in [3.8, 4) is 0 Å². The Labute approximate surface area is 103 Å². The van der Waals surface area contributed by atoms with Gasteiger partial charge < -0.3 is 0 Å². The van der Waals surface area contributed by atoms with Crippen molar-refractivity contribution in [2.45, 2.75) is 79.1 Å². The third-order valence-electron chi connectivity index (χ3n) is 4.69. The van der Waals surface area contributed by atoms with Crippen molar-refractivity contribution in [3.63, 3.8) is 0 Å². The minimum Gasteiger partial charge on any atom is -0.0625 e. The Hall–Kier alpha value is 0. The van der Waals surface area contributed by atoms with Crippen LogP contribution in [0.3, 0.4) is 0 Å². The number of hydrogen-bond donors (Lipinski definition) is 0. The van der Waals surface area contributed by atoms with E-state index in [1.54, 1.807) is 0 Å². The predicted molar refractivity (Wildman–Crippen MR) is 73.6 cm³/mol. The number of rotatable bonds is 2. The normalized spacial score (nSPS) is 22.9. The van der Waals surface area contributed by atoms with Crippen LogP contribution >= 0.6 is 0 Å². The second-order valence-corrected chi connectivity index (χ2v) is 6.58. The van der Waals surface area contributed by atoms with Crippen LogP contribution in [0.4, 0.5) is 0 Å². The van der Waals surface area contributed by atoms with Crippen molar-refractivity contribution < 1.29 is 0 Å². The molecule has 0 aliphatic heterocycles. The van der Waals surface area contributed by atoms with Gasteiger partial charge in [0.15, 0.2) is 0 Å². The third kappa shape index (κ3) is 4.89. The molecule has 2 saturated carbocycles. The van der Waals surface area contributed by atoms with Gasteiger partial charge in [-0.05, 0) is 23.7 Å². The minimum absolute atomic E-state index is 0.942. The Morgan fingerprint density at radius 1 is 0.562 bits per heavy atom. The molecule has 2 aliphatic rings. The monoisotopic (exact) mass is 224 g/mol. The molecule has 0 radical (unpaired) electrons. The lowest BCUT2D eigenvalue weighted by molar-refractivity contribution is 0.396. The van der Waals surface area contributed by atoms with E-state index in [9.17, 15) is 0 Å². The molecule has 0 aromatic rings. The summed E-state index contributed by atoms with van der Waals surface area (Å²) in [4.78, 5) is 0. The Morgan fingerprint density at radius 2 is 0.812 bits per heavy atom. The molecule has 0 atom stereocenters. The van der Waals surface area contributed by atoms with Crippen LogP contribution in [0.2, 0.25) is 0 Å². The molecule has 0 heterocycles. The molecule has 16 heavy (non-hydrogen) atoms. The molecule has 96 valence electrons. The largest absolute Gasteiger partial charge is 0.0625 e. The molecule has 0 aromatic heterocycles. The van der Waals surface area contributed by atoms with Gasteiger partial charge in [-0.1, -0.05) is 79.1 Å². The molecule has 0 unspecified atom stereocenters. The second kappa shape index (κ2) is 7.35. The molecule has 0 spiro atoms. The molecule has 2 aliphatic carbocycles. The molecule has 0 bridgehead atoms. The fourth-order valence-corrected chi connectivity index (χ4v) is 3.25. The van der Waals surface area contributed by atoms with Crippen LogP contribution in [0.25, 0.3) is 0 Å². The first-order valence-corrected chi connectivity index (χ1v) is 7.61. The summed E-state index contributed by atoms with van der Waals surface area (Å²) < 4.78 is 0. The first-order chi connectivity index (χ1) is 7.61. The van der Waals surface area contributed by atoms with Crippen LogP contribution in [0.1, 0.15) is 79.1 Å². The topological polar surface area (TPSA) is 0 Å². The zero-order valence-electron chi connectivity index (χ0n) is 12.0. The van der Waals surface area contributed by atoms with Gasteiger partial charge in [-0.25, -0.2) is 0 Å². The predicted octanol–water partition coefficient (Wildman–Crippen LogP) is 5.67. The zero-order valence-corrected chi connectivity index (χ0v) is 12.0. The van der Waals surface area contributed by atoms with E-state index >= 15 is 0 Å². The van der Waals surface area contributed by atoms with Gasteiger partial charge in [0.05, 0.1) is 0 Å². The van der Waals surface area contributed by atoms with Gasteiger partial charge in [0.25, 0.3) is 0 Å². The molecular formula is C16H32. The summed E-state index contributed by atoms with van der Waals surface area (Å²) in [5.74, 6) is 4.01. The Balaban J connectivity index is 0.000000160. The summed E-state index contributed by atoms with van der Waals surface area (Å²) in [6.45, 7) is 9.37. The van der Waals surface area contributed by atoms with E-state index in [1.807, 2.05) is 0 Å². The summed E-state index contributed by atoms with van der Waals surface area (Å²) >= 11 is 0. The van der Waals surface area contributed by atoms with Crippen LogP contribution in [0, 0.1) is 23.7 Å². The second-order valence-electron chi connectivity index (χ2n) is 6.58. The fourth-order valence-electron chi connectivity index (χ4n) is 3.25. The average molecular weight is 224 g/mol. The first-order valence-electron chi connectivity index (χ1n) is 7.61. The molecule has 2 rings (SSSR count). The third-order valence-corrected chi connectivity index (χ3v) is 4.69. The molecule has 0 amide bonds. The van der Waals surface area contributed by atoms with Crippen molar-refractivity contribution >= 4 is 0 Å². The molecule has 0 aromatic carbocycles. The molecular weight excluding hydrogens is 192 g/mol. The Bertz CT molecular complexity index is 137. The van der Waals surface area contributed by atoms with Gasteiger partial charge in [0.1, 0.15) is 0 Å². The fraction of sp³-hybridized carbons (Fsp3) is 1.00. The van der Waals surface area contributed by atoms with E-state index in [0.29, 0.717) is 0 Å². The quantitative estimate of drug-likeness (QED) is 0.567. The lowest BCUT2D eigenvalue weighted by Crippen LogP contribution is -2.01. The van der Waals surface area contributed by atoms with Crippen LogP contribution in [0.5, 0.6) is 0 Å². The maximum Gasteiger partial charge on any atom is -0.0391 e. The van der Waals surface area contributed by atoms with Crippen LogP contribution < -0.4 is 0 Å². The van der Waals surface area contributed by atoms with E-state index < -0.39 is 0 Å². The van der Waals surface area contributed by atoms with Crippen LogP contribution in [-0.4, -0.2) is 0 Å². The summed E-state index contributed by atoms with van der Waals surface area (Å²) in [5.41, 5.74) is 0. The molecule has 0 saturated heterocycles. The van der Waals surface area contributed by atoms with Gasteiger partial charge in [0.2, 0.25) is 0 Å². The Kier molecular flexibility index (Phi) is 6.46. The zero-order chi connectivity index (χ0) is 12.0. The van der Waals surface area contributed by atoms with E-state index in [-0.39, 0.29) is 0 Å². The average Bonchev–Trinajstić information content (AvgIpc) is 2.93. The summed E-state index contributed by atoms with van der Waals surface area (Å²) in [7, 11) is 0. The maximum atomic E-state index is 2.34. The summed E-state index contributed by atoms with van der Waals surface area (Å²) in [6.07, 6.45) is 11.9. The van der Waals surface area contributed by atoms with Gasteiger partial charge >= 0.3 is 0 Å². The van der Waals surface area contributed by atoms with E-state index in [2.05, 4.69) is 27.7 Å². The number of hydrogen-bond acceptors (Lipinski definition) is 0. The Morgan fingerprint density at radius 3 is 0.938 bits per heavy atom. The maximum absolute atomic E-state index is 2.34.